The topological polar surface area (TPSA) is 62.2 Å². The molecule has 6 nitrogen and oxygen atoms in total. The van der Waals surface area contributed by atoms with E-state index >= 15 is 0 Å². The van der Waals surface area contributed by atoms with E-state index in [2.05, 4.69) is 23.7 Å². The molecular formula is C20H25N3O3S. The Balaban J connectivity index is 2.04. The number of hydrogen-bond donors (Lipinski definition) is 0. The summed E-state index contributed by atoms with van der Waals surface area (Å²) in [6.45, 7) is 9.93. The molecule has 0 aliphatic carbocycles. The van der Waals surface area contributed by atoms with Crippen LogP contribution in [0.4, 0.5) is 5.69 Å². The highest BCUT2D eigenvalue weighted by Crippen LogP contribution is 2.41. The lowest BCUT2D eigenvalue weighted by Crippen LogP contribution is -2.39. The lowest BCUT2D eigenvalue weighted by Gasteiger charge is -2.33. The smallest absolute Gasteiger partial charge is 0.338 e. The number of nitrogens with zero attached hydrogens (tertiary/aromatic N) is 3. The number of anilines is 1. The number of benzene rings is 1. The number of amidine groups is 1. The van der Waals surface area contributed by atoms with E-state index in [0.717, 1.165) is 24.3 Å². The Morgan fingerprint density at radius 3 is 2.52 bits per heavy atom. The van der Waals surface area contributed by atoms with Gasteiger partial charge in [0.2, 0.25) is 5.91 Å². The molecule has 1 aromatic rings. The monoisotopic (exact) mass is 387 g/mol. The number of thioether (sulfide) groups is 1. The lowest BCUT2D eigenvalue weighted by atomic mass is 9.94. The van der Waals surface area contributed by atoms with Crippen molar-refractivity contribution in [3.05, 3.63) is 41.1 Å². The molecule has 0 radical (unpaired) electrons. The number of aliphatic imine (C=N–C) groups is 1. The number of amides is 1. The summed E-state index contributed by atoms with van der Waals surface area (Å²) < 4.78 is 5.26. The molecule has 1 aromatic carbocycles. The highest BCUT2D eigenvalue weighted by molar-refractivity contribution is 8.15. The second-order valence-corrected chi connectivity index (χ2v) is 7.28. The van der Waals surface area contributed by atoms with E-state index in [1.807, 2.05) is 24.3 Å². The summed E-state index contributed by atoms with van der Waals surface area (Å²) in [5.74, 6) is -0.109. The quantitative estimate of drug-likeness (QED) is 0.701. The summed E-state index contributed by atoms with van der Waals surface area (Å²) >= 11 is 1.41. The average molecular weight is 388 g/mol. The molecule has 27 heavy (non-hydrogen) atoms. The Morgan fingerprint density at radius 2 is 1.93 bits per heavy atom. The fourth-order valence-electron chi connectivity index (χ4n) is 3.48. The van der Waals surface area contributed by atoms with Crippen LogP contribution in [0.2, 0.25) is 0 Å². The molecular weight excluding hydrogens is 362 g/mol. The summed E-state index contributed by atoms with van der Waals surface area (Å²) in [6, 6.07) is 7.57. The van der Waals surface area contributed by atoms with Crippen molar-refractivity contribution in [3.63, 3.8) is 0 Å². The third-order valence-electron chi connectivity index (χ3n) is 4.82. The fourth-order valence-corrected chi connectivity index (χ4v) is 4.42. The number of ether oxygens (including phenoxy) is 1. The maximum absolute atomic E-state index is 12.7. The Hall–Kier alpha value is -2.28. The molecule has 1 atom stereocenters. The SMILES string of the molecule is CCOC(=O)C1=C(C)N=C2SCC(=O)N2[C@@H]1c1ccc(N(CC)CC)cc1. The molecule has 0 aromatic heterocycles. The molecule has 144 valence electrons. The standard InChI is InChI=1S/C20H25N3O3S/c1-5-22(6-2)15-10-8-14(9-11-15)18-17(19(25)26-7-3)13(4)21-20-23(18)16(24)12-27-20/h8-11,18H,5-7,12H2,1-4H3/t18-/m1/s1. The van der Waals surface area contributed by atoms with Crippen molar-refractivity contribution in [1.82, 2.24) is 4.90 Å². The van der Waals surface area contributed by atoms with Crippen LogP contribution < -0.4 is 4.90 Å². The van der Waals surface area contributed by atoms with Crippen LogP contribution in [0.5, 0.6) is 0 Å². The Kier molecular flexibility index (Phi) is 5.89. The minimum atomic E-state index is -0.496. The van der Waals surface area contributed by atoms with Crippen molar-refractivity contribution in [2.24, 2.45) is 4.99 Å². The molecule has 1 amide bonds. The molecule has 2 heterocycles. The molecule has 0 spiro atoms. The number of esters is 1. The molecule has 2 aliphatic rings. The number of carbonyl (C=O) groups is 2. The molecule has 0 N–H and O–H groups in total. The molecule has 0 bridgehead atoms. The van der Waals surface area contributed by atoms with E-state index in [1.165, 1.54) is 11.8 Å². The van der Waals surface area contributed by atoms with Gasteiger partial charge in [-0.3, -0.25) is 9.69 Å². The highest BCUT2D eigenvalue weighted by atomic mass is 32.2. The van der Waals surface area contributed by atoms with Crippen molar-refractivity contribution >= 4 is 34.5 Å². The molecule has 3 rings (SSSR count). The summed E-state index contributed by atoms with van der Waals surface area (Å²) in [5, 5.41) is 0.656. The van der Waals surface area contributed by atoms with Gasteiger partial charge in [-0.25, -0.2) is 9.79 Å². The second-order valence-electron chi connectivity index (χ2n) is 6.33. The lowest BCUT2D eigenvalue weighted by molar-refractivity contribution is -0.139. The van der Waals surface area contributed by atoms with Gasteiger partial charge in [0.15, 0.2) is 5.17 Å². The largest absolute Gasteiger partial charge is 0.463 e. The average Bonchev–Trinajstić information content (AvgIpc) is 3.03. The number of carbonyl (C=O) groups excluding carboxylic acids is 2. The van der Waals surface area contributed by atoms with Gasteiger partial charge < -0.3 is 9.64 Å². The van der Waals surface area contributed by atoms with Crippen molar-refractivity contribution in [2.45, 2.75) is 33.7 Å². The van der Waals surface area contributed by atoms with E-state index in [4.69, 9.17) is 4.74 Å². The maximum atomic E-state index is 12.7. The number of hydrogen-bond acceptors (Lipinski definition) is 6. The van der Waals surface area contributed by atoms with Crippen LogP contribution in [-0.4, -0.2) is 47.4 Å². The van der Waals surface area contributed by atoms with Crippen molar-refractivity contribution in [2.75, 3.05) is 30.3 Å². The van der Waals surface area contributed by atoms with Crippen LogP contribution in [0.25, 0.3) is 0 Å². The van der Waals surface area contributed by atoms with Crippen LogP contribution in [0, 0.1) is 0 Å². The molecule has 7 heteroatoms. The Labute approximate surface area is 164 Å². The third kappa shape index (κ3) is 3.60. The first-order valence-corrected chi connectivity index (χ1v) is 10.3. The number of rotatable bonds is 6. The van der Waals surface area contributed by atoms with Gasteiger partial charge in [0.25, 0.3) is 0 Å². The first-order valence-electron chi connectivity index (χ1n) is 9.28. The molecule has 0 unspecified atom stereocenters. The summed E-state index contributed by atoms with van der Waals surface area (Å²) in [5.41, 5.74) is 3.05. The highest BCUT2D eigenvalue weighted by Gasteiger charge is 2.43. The normalized spacial score (nSPS) is 19.1. The van der Waals surface area contributed by atoms with E-state index in [-0.39, 0.29) is 12.5 Å². The second kappa shape index (κ2) is 8.17. The van der Waals surface area contributed by atoms with E-state index < -0.39 is 12.0 Å². The third-order valence-corrected chi connectivity index (χ3v) is 5.75. The van der Waals surface area contributed by atoms with Gasteiger partial charge in [0.05, 0.1) is 29.7 Å². The Morgan fingerprint density at radius 1 is 1.26 bits per heavy atom. The summed E-state index contributed by atoms with van der Waals surface area (Å²) in [6.07, 6.45) is 0. The van der Waals surface area contributed by atoms with Gasteiger partial charge >= 0.3 is 5.97 Å². The van der Waals surface area contributed by atoms with Crippen molar-refractivity contribution < 1.29 is 14.3 Å². The van der Waals surface area contributed by atoms with Gasteiger partial charge in [0.1, 0.15) is 0 Å². The van der Waals surface area contributed by atoms with E-state index in [0.29, 0.717) is 22.2 Å². The number of allylic oxidation sites excluding steroid dienone is 1. The minimum absolute atomic E-state index is 0.0362. The molecule has 1 fully saturated rings. The van der Waals surface area contributed by atoms with Gasteiger partial charge in [-0.05, 0) is 45.4 Å². The fraction of sp³-hybridized carbons (Fsp3) is 0.450. The predicted octanol–water partition coefficient (Wildman–Crippen LogP) is 3.36. The van der Waals surface area contributed by atoms with Crippen LogP contribution in [-0.2, 0) is 14.3 Å². The van der Waals surface area contributed by atoms with Crippen LogP contribution in [0.15, 0.2) is 40.5 Å². The molecule has 2 aliphatic heterocycles. The van der Waals surface area contributed by atoms with E-state index in [1.54, 1.807) is 18.7 Å². The van der Waals surface area contributed by atoms with Gasteiger partial charge in [0, 0.05) is 18.8 Å². The van der Waals surface area contributed by atoms with Crippen LogP contribution >= 0.6 is 11.8 Å². The zero-order valence-corrected chi connectivity index (χ0v) is 17.0. The van der Waals surface area contributed by atoms with Gasteiger partial charge in [-0.1, -0.05) is 23.9 Å². The summed E-state index contributed by atoms with van der Waals surface area (Å²) in [7, 11) is 0. The Bertz CT molecular complexity index is 797. The zero-order valence-electron chi connectivity index (χ0n) is 16.2. The molecule has 1 saturated heterocycles. The number of fused-ring (bicyclic) bond motifs is 1. The molecule has 0 saturated carbocycles. The predicted molar refractivity (Wildman–Crippen MR) is 109 cm³/mol. The van der Waals surface area contributed by atoms with Crippen molar-refractivity contribution in [3.8, 4) is 0 Å². The minimum Gasteiger partial charge on any atom is -0.463 e. The van der Waals surface area contributed by atoms with E-state index in [9.17, 15) is 9.59 Å². The summed E-state index contributed by atoms with van der Waals surface area (Å²) in [4.78, 5) is 33.6. The van der Waals surface area contributed by atoms with Crippen LogP contribution in [0.1, 0.15) is 39.3 Å². The van der Waals surface area contributed by atoms with Crippen molar-refractivity contribution in [1.29, 1.82) is 0 Å². The van der Waals surface area contributed by atoms with Gasteiger partial charge in [-0.15, -0.1) is 0 Å². The zero-order chi connectivity index (χ0) is 19.6. The maximum Gasteiger partial charge on any atom is 0.338 e. The first kappa shape index (κ1) is 19.5. The van der Waals surface area contributed by atoms with Gasteiger partial charge in [-0.2, -0.15) is 0 Å². The first-order chi connectivity index (χ1) is 13.0. The van der Waals surface area contributed by atoms with Crippen LogP contribution in [0.3, 0.4) is 0 Å².